The second-order valence-electron chi connectivity index (χ2n) is 5.70. The fraction of sp³-hybridized carbons (Fsp3) is 0.278. The molecule has 3 rings (SSSR count). The van der Waals surface area contributed by atoms with Gasteiger partial charge in [-0.25, -0.2) is 0 Å². The molecule has 1 heterocycles. The van der Waals surface area contributed by atoms with E-state index in [1.807, 2.05) is 36.4 Å². The molecule has 2 aromatic carbocycles. The summed E-state index contributed by atoms with van der Waals surface area (Å²) in [6.45, 7) is 1.93. The number of aromatic hydroxyl groups is 1. The number of amides is 1. The van der Waals surface area contributed by atoms with E-state index < -0.39 is 0 Å². The van der Waals surface area contributed by atoms with E-state index in [9.17, 15) is 9.90 Å². The van der Waals surface area contributed by atoms with Gasteiger partial charge in [-0.3, -0.25) is 9.69 Å². The molecule has 1 fully saturated rings. The minimum absolute atomic E-state index is 0.00267. The van der Waals surface area contributed by atoms with Crippen LogP contribution in [0.1, 0.15) is 23.6 Å². The molecule has 0 bridgehead atoms. The van der Waals surface area contributed by atoms with Crippen LogP contribution in [0.15, 0.2) is 48.5 Å². The lowest BCUT2D eigenvalue weighted by molar-refractivity contribution is -0.121. The van der Waals surface area contributed by atoms with Crippen molar-refractivity contribution in [2.45, 2.75) is 19.0 Å². The minimum atomic E-state index is -0.00267. The van der Waals surface area contributed by atoms with Crippen LogP contribution in [-0.4, -0.2) is 29.0 Å². The number of benzene rings is 2. The zero-order chi connectivity index (χ0) is 16.2. The van der Waals surface area contributed by atoms with Crippen molar-refractivity contribution in [3.8, 4) is 5.75 Å². The lowest BCUT2D eigenvalue weighted by Gasteiger charge is -2.29. The highest BCUT2D eigenvalue weighted by Crippen LogP contribution is 2.32. The number of carbonyl (C=O) groups is 1. The highest BCUT2D eigenvalue weighted by molar-refractivity contribution is 6.32. The first kappa shape index (κ1) is 15.8. The normalized spacial score (nSPS) is 19.2. The molecule has 0 radical (unpaired) electrons. The number of rotatable bonds is 3. The Bertz CT molecular complexity index is 691. The van der Waals surface area contributed by atoms with Gasteiger partial charge in [0.15, 0.2) is 0 Å². The van der Waals surface area contributed by atoms with Crippen LogP contribution in [0, 0.1) is 0 Å². The van der Waals surface area contributed by atoms with E-state index in [0.29, 0.717) is 24.5 Å². The first-order chi connectivity index (χ1) is 11.1. The minimum Gasteiger partial charge on any atom is -0.506 e. The van der Waals surface area contributed by atoms with Crippen LogP contribution < -0.4 is 5.32 Å². The SMILES string of the molecule is O=C1CC(c2ccccc2)N(Cc2cccc(O)c2Cl)CCN1. The molecular weight excluding hydrogens is 312 g/mol. The number of hydrogen-bond acceptors (Lipinski definition) is 3. The summed E-state index contributed by atoms with van der Waals surface area (Å²) in [6.07, 6.45) is 0.417. The zero-order valence-electron chi connectivity index (χ0n) is 12.7. The van der Waals surface area contributed by atoms with Gasteiger partial charge in [0, 0.05) is 32.1 Å². The third-order valence-electron chi connectivity index (χ3n) is 4.16. The van der Waals surface area contributed by atoms with Crippen molar-refractivity contribution < 1.29 is 9.90 Å². The van der Waals surface area contributed by atoms with Crippen molar-refractivity contribution in [1.29, 1.82) is 0 Å². The van der Waals surface area contributed by atoms with Gasteiger partial charge in [-0.2, -0.15) is 0 Å². The van der Waals surface area contributed by atoms with Gasteiger partial charge in [-0.05, 0) is 17.2 Å². The topological polar surface area (TPSA) is 52.6 Å². The Morgan fingerprint density at radius 3 is 2.74 bits per heavy atom. The number of halogens is 1. The van der Waals surface area contributed by atoms with E-state index in [-0.39, 0.29) is 17.7 Å². The summed E-state index contributed by atoms with van der Waals surface area (Å²) in [5.41, 5.74) is 1.97. The second kappa shape index (κ2) is 7.02. The molecule has 1 aliphatic rings. The van der Waals surface area contributed by atoms with E-state index in [1.54, 1.807) is 12.1 Å². The van der Waals surface area contributed by atoms with E-state index in [0.717, 1.165) is 17.7 Å². The Balaban J connectivity index is 1.90. The molecule has 0 aromatic heterocycles. The molecule has 1 atom stereocenters. The maximum Gasteiger partial charge on any atom is 0.221 e. The molecule has 23 heavy (non-hydrogen) atoms. The van der Waals surface area contributed by atoms with Crippen LogP contribution in [0.2, 0.25) is 5.02 Å². The molecule has 1 amide bonds. The third kappa shape index (κ3) is 3.66. The number of phenols is 1. The fourth-order valence-electron chi connectivity index (χ4n) is 2.97. The number of nitrogens with zero attached hydrogens (tertiary/aromatic N) is 1. The predicted octanol–water partition coefficient (Wildman–Crippen LogP) is 3.11. The maximum absolute atomic E-state index is 12.0. The van der Waals surface area contributed by atoms with Crippen molar-refractivity contribution in [1.82, 2.24) is 10.2 Å². The summed E-state index contributed by atoms with van der Waals surface area (Å²) in [6, 6.07) is 15.3. The van der Waals surface area contributed by atoms with Gasteiger partial charge in [-0.15, -0.1) is 0 Å². The van der Waals surface area contributed by atoms with Crippen molar-refractivity contribution in [2.24, 2.45) is 0 Å². The number of carbonyl (C=O) groups excluding carboxylic acids is 1. The van der Waals surface area contributed by atoms with Gasteiger partial charge in [0.2, 0.25) is 5.91 Å². The average Bonchev–Trinajstić information content (AvgIpc) is 2.74. The molecule has 120 valence electrons. The van der Waals surface area contributed by atoms with Crippen LogP contribution in [0.5, 0.6) is 5.75 Å². The molecule has 2 aromatic rings. The quantitative estimate of drug-likeness (QED) is 0.909. The van der Waals surface area contributed by atoms with Gasteiger partial charge in [-0.1, -0.05) is 54.1 Å². The third-order valence-corrected chi connectivity index (χ3v) is 4.59. The van der Waals surface area contributed by atoms with Crippen molar-refractivity contribution >= 4 is 17.5 Å². The van der Waals surface area contributed by atoms with Crippen LogP contribution in [0.25, 0.3) is 0 Å². The number of phenolic OH excluding ortho intramolecular Hbond substituents is 1. The molecule has 1 aliphatic heterocycles. The molecular formula is C18H19ClN2O2. The molecule has 0 aliphatic carbocycles. The Kier molecular flexibility index (Phi) is 4.84. The smallest absolute Gasteiger partial charge is 0.221 e. The first-order valence-corrected chi connectivity index (χ1v) is 8.05. The van der Waals surface area contributed by atoms with E-state index in [2.05, 4.69) is 10.2 Å². The Labute approximate surface area is 140 Å². The second-order valence-corrected chi connectivity index (χ2v) is 6.08. The molecule has 4 nitrogen and oxygen atoms in total. The Morgan fingerprint density at radius 2 is 1.96 bits per heavy atom. The predicted molar refractivity (Wildman–Crippen MR) is 90.3 cm³/mol. The first-order valence-electron chi connectivity index (χ1n) is 7.67. The van der Waals surface area contributed by atoms with E-state index in [1.165, 1.54) is 0 Å². The maximum atomic E-state index is 12.0. The van der Waals surface area contributed by atoms with Crippen molar-refractivity contribution in [3.05, 3.63) is 64.7 Å². The van der Waals surface area contributed by atoms with Gasteiger partial charge < -0.3 is 10.4 Å². The average molecular weight is 331 g/mol. The fourth-order valence-corrected chi connectivity index (χ4v) is 3.16. The van der Waals surface area contributed by atoms with Crippen LogP contribution in [0.3, 0.4) is 0 Å². The van der Waals surface area contributed by atoms with Crippen LogP contribution in [-0.2, 0) is 11.3 Å². The largest absolute Gasteiger partial charge is 0.506 e. The number of hydrogen-bond donors (Lipinski definition) is 2. The lowest BCUT2D eigenvalue weighted by Crippen LogP contribution is -2.30. The zero-order valence-corrected chi connectivity index (χ0v) is 13.5. The van der Waals surface area contributed by atoms with Gasteiger partial charge >= 0.3 is 0 Å². The molecule has 0 spiro atoms. The van der Waals surface area contributed by atoms with Crippen molar-refractivity contribution in [3.63, 3.8) is 0 Å². The molecule has 2 N–H and O–H groups in total. The van der Waals surface area contributed by atoms with E-state index in [4.69, 9.17) is 11.6 Å². The van der Waals surface area contributed by atoms with Gasteiger partial charge in [0.05, 0.1) is 5.02 Å². The molecule has 5 heteroatoms. The summed E-state index contributed by atoms with van der Waals surface area (Å²) in [7, 11) is 0. The van der Waals surface area contributed by atoms with Crippen LogP contribution in [0.4, 0.5) is 0 Å². The van der Waals surface area contributed by atoms with Gasteiger partial charge in [0.25, 0.3) is 0 Å². The molecule has 1 unspecified atom stereocenters. The highest BCUT2D eigenvalue weighted by Gasteiger charge is 2.26. The number of nitrogens with one attached hydrogen (secondary N) is 1. The summed E-state index contributed by atoms with van der Waals surface area (Å²) in [5.74, 6) is 0.146. The summed E-state index contributed by atoms with van der Waals surface area (Å²) < 4.78 is 0. The molecule has 0 saturated carbocycles. The van der Waals surface area contributed by atoms with Crippen LogP contribution >= 0.6 is 11.6 Å². The standard InChI is InChI=1S/C18H19ClN2O2/c19-18-14(7-4-8-16(18)22)12-21-10-9-20-17(23)11-15(21)13-5-2-1-3-6-13/h1-8,15,22H,9-12H2,(H,20,23). The lowest BCUT2D eigenvalue weighted by atomic mass is 10.0. The monoisotopic (exact) mass is 330 g/mol. The summed E-state index contributed by atoms with van der Waals surface area (Å²) in [5, 5.41) is 13.1. The Hall–Kier alpha value is -2.04. The highest BCUT2D eigenvalue weighted by atomic mass is 35.5. The summed E-state index contributed by atoms with van der Waals surface area (Å²) in [4.78, 5) is 14.2. The summed E-state index contributed by atoms with van der Waals surface area (Å²) >= 11 is 6.22. The van der Waals surface area contributed by atoms with Gasteiger partial charge in [0.1, 0.15) is 5.75 Å². The Morgan fingerprint density at radius 1 is 1.17 bits per heavy atom. The molecule has 1 saturated heterocycles. The van der Waals surface area contributed by atoms with Crippen molar-refractivity contribution in [2.75, 3.05) is 13.1 Å². The van der Waals surface area contributed by atoms with E-state index >= 15 is 0 Å².